The van der Waals surface area contributed by atoms with Crippen LogP contribution in [0.2, 0.25) is 0 Å². The SMILES string of the molecule is COCCS(=O)(=O)NCc1cccc(C(N)=NO)c1. The van der Waals surface area contributed by atoms with Crippen molar-refractivity contribution in [3.8, 4) is 0 Å². The highest BCUT2D eigenvalue weighted by atomic mass is 32.2. The normalized spacial score (nSPS) is 12.6. The zero-order valence-electron chi connectivity index (χ0n) is 10.5. The van der Waals surface area contributed by atoms with Crippen molar-refractivity contribution >= 4 is 15.9 Å². The van der Waals surface area contributed by atoms with Crippen LogP contribution in [0.15, 0.2) is 29.4 Å². The van der Waals surface area contributed by atoms with E-state index in [0.717, 1.165) is 0 Å². The lowest BCUT2D eigenvalue weighted by molar-refractivity contribution is 0.217. The van der Waals surface area contributed by atoms with Crippen LogP contribution in [-0.2, 0) is 21.3 Å². The van der Waals surface area contributed by atoms with Gasteiger partial charge in [-0.2, -0.15) is 0 Å². The highest BCUT2D eigenvalue weighted by Crippen LogP contribution is 2.05. The van der Waals surface area contributed by atoms with Gasteiger partial charge < -0.3 is 15.7 Å². The average Bonchev–Trinajstić information content (AvgIpc) is 2.42. The Balaban J connectivity index is 2.68. The van der Waals surface area contributed by atoms with Gasteiger partial charge in [0.2, 0.25) is 10.0 Å². The number of methoxy groups -OCH3 is 1. The fourth-order valence-electron chi connectivity index (χ4n) is 1.36. The van der Waals surface area contributed by atoms with Gasteiger partial charge in [-0.3, -0.25) is 0 Å². The van der Waals surface area contributed by atoms with Gasteiger partial charge in [-0.05, 0) is 11.6 Å². The second kappa shape index (κ2) is 7.07. The molecular formula is C11H17N3O4S. The minimum absolute atomic E-state index is 0.0240. The van der Waals surface area contributed by atoms with Gasteiger partial charge in [0.1, 0.15) is 0 Å². The zero-order valence-corrected chi connectivity index (χ0v) is 11.4. The molecule has 0 aliphatic heterocycles. The number of rotatable bonds is 7. The fourth-order valence-corrected chi connectivity index (χ4v) is 2.27. The maximum absolute atomic E-state index is 11.6. The maximum Gasteiger partial charge on any atom is 0.214 e. The Morgan fingerprint density at radius 1 is 1.53 bits per heavy atom. The number of ether oxygens (including phenoxy) is 1. The molecule has 0 aromatic heterocycles. The quantitative estimate of drug-likeness (QED) is 0.279. The van der Waals surface area contributed by atoms with E-state index in [9.17, 15) is 8.42 Å². The van der Waals surface area contributed by atoms with Gasteiger partial charge in [-0.25, -0.2) is 13.1 Å². The van der Waals surface area contributed by atoms with Crippen molar-refractivity contribution in [2.45, 2.75) is 6.54 Å². The van der Waals surface area contributed by atoms with Gasteiger partial charge in [0, 0.05) is 19.2 Å². The maximum atomic E-state index is 11.6. The highest BCUT2D eigenvalue weighted by molar-refractivity contribution is 7.89. The molecule has 0 atom stereocenters. The number of nitrogens with one attached hydrogen (secondary N) is 1. The Labute approximate surface area is 112 Å². The van der Waals surface area contributed by atoms with E-state index >= 15 is 0 Å². The molecule has 0 fully saturated rings. The first-order valence-electron chi connectivity index (χ1n) is 5.51. The number of nitrogens with zero attached hydrogens (tertiary/aromatic N) is 1. The van der Waals surface area contributed by atoms with E-state index in [4.69, 9.17) is 15.7 Å². The zero-order chi connectivity index (χ0) is 14.3. The summed E-state index contributed by atoms with van der Waals surface area (Å²) < 4.78 is 30.3. The van der Waals surface area contributed by atoms with Crippen molar-refractivity contribution in [3.05, 3.63) is 35.4 Å². The number of sulfonamides is 1. The first-order valence-corrected chi connectivity index (χ1v) is 7.17. The fraction of sp³-hybridized carbons (Fsp3) is 0.364. The van der Waals surface area contributed by atoms with Crippen LogP contribution in [0.5, 0.6) is 0 Å². The molecule has 0 bridgehead atoms. The Bertz CT molecular complexity index is 543. The van der Waals surface area contributed by atoms with E-state index < -0.39 is 10.0 Å². The number of amidine groups is 1. The second-order valence-corrected chi connectivity index (χ2v) is 5.74. The summed E-state index contributed by atoms with van der Waals surface area (Å²) in [6, 6.07) is 6.75. The molecule has 0 unspecified atom stereocenters. The van der Waals surface area contributed by atoms with Crippen molar-refractivity contribution in [1.82, 2.24) is 4.72 Å². The van der Waals surface area contributed by atoms with Crippen LogP contribution in [0, 0.1) is 0 Å². The molecule has 7 nitrogen and oxygen atoms in total. The summed E-state index contributed by atoms with van der Waals surface area (Å²) >= 11 is 0. The molecule has 0 saturated carbocycles. The van der Waals surface area contributed by atoms with Gasteiger partial charge in [0.05, 0.1) is 12.4 Å². The summed E-state index contributed by atoms with van der Waals surface area (Å²) in [4.78, 5) is 0. The Morgan fingerprint density at radius 3 is 2.89 bits per heavy atom. The number of hydrogen-bond donors (Lipinski definition) is 3. The molecule has 0 aliphatic rings. The lowest BCUT2D eigenvalue weighted by Crippen LogP contribution is -2.28. The first kappa shape index (κ1) is 15.4. The van der Waals surface area contributed by atoms with E-state index in [0.29, 0.717) is 11.1 Å². The van der Waals surface area contributed by atoms with E-state index in [2.05, 4.69) is 9.88 Å². The number of nitrogens with two attached hydrogens (primary N) is 1. The summed E-state index contributed by atoms with van der Waals surface area (Å²) in [5.74, 6) is -0.118. The summed E-state index contributed by atoms with van der Waals surface area (Å²) in [7, 11) is -1.93. The molecule has 19 heavy (non-hydrogen) atoms. The number of oxime groups is 1. The Morgan fingerprint density at radius 2 is 2.26 bits per heavy atom. The van der Waals surface area contributed by atoms with Crippen LogP contribution in [0.3, 0.4) is 0 Å². The number of benzene rings is 1. The predicted molar refractivity (Wildman–Crippen MR) is 71.5 cm³/mol. The van der Waals surface area contributed by atoms with Gasteiger partial charge in [0.15, 0.2) is 5.84 Å². The van der Waals surface area contributed by atoms with E-state index in [1.165, 1.54) is 7.11 Å². The van der Waals surface area contributed by atoms with Crippen LogP contribution in [0.4, 0.5) is 0 Å². The largest absolute Gasteiger partial charge is 0.409 e. The van der Waals surface area contributed by atoms with Crippen LogP contribution < -0.4 is 10.5 Å². The third kappa shape index (κ3) is 5.25. The molecule has 0 heterocycles. The monoisotopic (exact) mass is 287 g/mol. The third-order valence-electron chi connectivity index (χ3n) is 2.38. The summed E-state index contributed by atoms with van der Waals surface area (Å²) in [6.07, 6.45) is 0. The molecule has 0 saturated heterocycles. The van der Waals surface area contributed by atoms with Crippen molar-refractivity contribution in [3.63, 3.8) is 0 Å². The molecule has 106 valence electrons. The first-order chi connectivity index (χ1) is 8.98. The molecule has 0 spiro atoms. The molecule has 0 aliphatic carbocycles. The van der Waals surface area contributed by atoms with Gasteiger partial charge in [-0.15, -0.1) is 0 Å². The lowest BCUT2D eigenvalue weighted by atomic mass is 10.1. The van der Waals surface area contributed by atoms with Gasteiger partial charge in [0.25, 0.3) is 0 Å². The Hall–Kier alpha value is -1.64. The molecule has 0 radical (unpaired) electrons. The van der Waals surface area contributed by atoms with Gasteiger partial charge >= 0.3 is 0 Å². The standard InChI is InChI=1S/C11H17N3O4S/c1-18-5-6-19(16,17)13-8-9-3-2-4-10(7-9)11(12)14-15/h2-4,7,13,15H,5-6,8H2,1H3,(H2,12,14). The highest BCUT2D eigenvalue weighted by Gasteiger charge is 2.09. The van der Waals surface area contributed by atoms with Crippen molar-refractivity contribution < 1.29 is 18.4 Å². The minimum Gasteiger partial charge on any atom is -0.409 e. The van der Waals surface area contributed by atoms with E-state index in [-0.39, 0.29) is 24.7 Å². The Kier molecular flexibility index (Phi) is 5.74. The number of hydrogen-bond acceptors (Lipinski definition) is 5. The second-order valence-electron chi connectivity index (χ2n) is 3.82. The van der Waals surface area contributed by atoms with Crippen molar-refractivity contribution in [2.24, 2.45) is 10.9 Å². The smallest absolute Gasteiger partial charge is 0.214 e. The minimum atomic E-state index is -3.37. The molecule has 1 aromatic rings. The van der Waals surface area contributed by atoms with E-state index in [1.54, 1.807) is 24.3 Å². The van der Waals surface area contributed by atoms with Crippen LogP contribution in [0.25, 0.3) is 0 Å². The summed E-state index contributed by atoms with van der Waals surface area (Å²) in [5, 5.41) is 11.5. The third-order valence-corrected chi connectivity index (χ3v) is 3.67. The predicted octanol–water partition coefficient (Wildman–Crippen LogP) is -0.153. The molecule has 8 heteroatoms. The topological polar surface area (TPSA) is 114 Å². The van der Waals surface area contributed by atoms with Crippen LogP contribution in [0.1, 0.15) is 11.1 Å². The molecule has 4 N–H and O–H groups in total. The molecular weight excluding hydrogens is 270 g/mol. The van der Waals surface area contributed by atoms with Crippen LogP contribution >= 0.6 is 0 Å². The van der Waals surface area contributed by atoms with E-state index in [1.807, 2.05) is 0 Å². The molecule has 1 rings (SSSR count). The lowest BCUT2D eigenvalue weighted by Gasteiger charge is -2.07. The molecule has 0 amide bonds. The van der Waals surface area contributed by atoms with Crippen LogP contribution in [-0.4, -0.2) is 38.9 Å². The van der Waals surface area contributed by atoms with Crippen molar-refractivity contribution in [1.29, 1.82) is 0 Å². The van der Waals surface area contributed by atoms with Crippen molar-refractivity contribution in [2.75, 3.05) is 19.5 Å². The average molecular weight is 287 g/mol. The molecule has 1 aromatic carbocycles. The summed E-state index contributed by atoms with van der Waals surface area (Å²) in [5.41, 5.74) is 6.69. The summed E-state index contributed by atoms with van der Waals surface area (Å²) in [6.45, 7) is 0.276. The van der Waals surface area contributed by atoms with Gasteiger partial charge in [-0.1, -0.05) is 23.4 Å².